The van der Waals surface area contributed by atoms with Gasteiger partial charge in [-0.05, 0) is 36.6 Å². The Morgan fingerprint density at radius 1 is 1.31 bits per heavy atom. The van der Waals surface area contributed by atoms with E-state index in [0.717, 1.165) is 25.5 Å². The first kappa shape index (κ1) is 11.4. The van der Waals surface area contributed by atoms with Gasteiger partial charge in [0.1, 0.15) is 5.75 Å². The summed E-state index contributed by atoms with van der Waals surface area (Å²) in [5.41, 5.74) is 3.75. The highest BCUT2D eigenvalue weighted by Gasteiger charge is 2.18. The average Bonchev–Trinajstić information content (AvgIpc) is 2.32. The van der Waals surface area contributed by atoms with Crippen LogP contribution in [0.25, 0.3) is 0 Å². The van der Waals surface area contributed by atoms with Crippen LogP contribution >= 0.6 is 0 Å². The van der Waals surface area contributed by atoms with Crippen LogP contribution in [-0.2, 0) is 4.74 Å². The standard InChI is InChI=1S/C13H19NO2/c1-9-7-13(15-3)10(2)6-11(9)12-8-16-5-4-14-12/h6-7,12,14H,4-5,8H2,1-3H3. The number of aryl methyl sites for hydroxylation is 2. The lowest BCUT2D eigenvalue weighted by molar-refractivity contribution is 0.0766. The maximum absolute atomic E-state index is 5.49. The highest BCUT2D eigenvalue weighted by atomic mass is 16.5. The number of ether oxygens (including phenoxy) is 2. The number of methoxy groups -OCH3 is 1. The predicted octanol–water partition coefficient (Wildman–Crippen LogP) is 1.97. The molecule has 1 heterocycles. The number of hydrogen-bond acceptors (Lipinski definition) is 3. The molecule has 1 aliphatic rings. The lowest BCUT2D eigenvalue weighted by Gasteiger charge is -2.26. The van der Waals surface area contributed by atoms with E-state index >= 15 is 0 Å². The molecule has 0 bridgehead atoms. The molecule has 0 saturated carbocycles. The van der Waals surface area contributed by atoms with Gasteiger partial charge in [0.15, 0.2) is 0 Å². The predicted molar refractivity (Wildman–Crippen MR) is 64.0 cm³/mol. The van der Waals surface area contributed by atoms with Crippen LogP contribution in [0.5, 0.6) is 5.75 Å². The number of morpholine rings is 1. The molecule has 1 saturated heterocycles. The van der Waals surface area contributed by atoms with E-state index in [1.807, 2.05) is 0 Å². The Labute approximate surface area is 96.8 Å². The van der Waals surface area contributed by atoms with Crippen molar-refractivity contribution in [3.05, 3.63) is 28.8 Å². The molecule has 3 heteroatoms. The van der Waals surface area contributed by atoms with Crippen molar-refractivity contribution in [2.45, 2.75) is 19.9 Å². The third-order valence-electron chi connectivity index (χ3n) is 3.08. The van der Waals surface area contributed by atoms with Crippen LogP contribution in [0.2, 0.25) is 0 Å². The molecule has 1 atom stereocenters. The Morgan fingerprint density at radius 3 is 2.75 bits per heavy atom. The topological polar surface area (TPSA) is 30.5 Å². The molecule has 1 unspecified atom stereocenters. The molecule has 0 aromatic heterocycles. The molecule has 3 nitrogen and oxygen atoms in total. The van der Waals surface area contributed by atoms with E-state index in [1.54, 1.807) is 7.11 Å². The second kappa shape index (κ2) is 4.85. The van der Waals surface area contributed by atoms with E-state index in [1.165, 1.54) is 16.7 Å². The minimum absolute atomic E-state index is 0.318. The molecular formula is C13H19NO2. The fourth-order valence-electron chi connectivity index (χ4n) is 2.17. The van der Waals surface area contributed by atoms with E-state index in [-0.39, 0.29) is 0 Å². The second-order valence-electron chi connectivity index (χ2n) is 4.26. The van der Waals surface area contributed by atoms with Gasteiger partial charge in [0.25, 0.3) is 0 Å². The molecule has 1 aromatic rings. The van der Waals surface area contributed by atoms with Crippen molar-refractivity contribution < 1.29 is 9.47 Å². The molecule has 0 amide bonds. The van der Waals surface area contributed by atoms with Crippen molar-refractivity contribution in [1.82, 2.24) is 5.32 Å². The highest BCUT2D eigenvalue weighted by molar-refractivity contribution is 5.43. The molecule has 16 heavy (non-hydrogen) atoms. The summed E-state index contributed by atoms with van der Waals surface area (Å²) in [6.45, 7) is 6.69. The quantitative estimate of drug-likeness (QED) is 0.828. The van der Waals surface area contributed by atoms with Gasteiger partial charge in [0.05, 0.1) is 26.4 Å². The summed E-state index contributed by atoms with van der Waals surface area (Å²) < 4.78 is 10.8. The second-order valence-corrected chi connectivity index (χ2v) is 4.26. The molecule has 2 rings (SSSR count). The summed E-state index contributed by atoms with van der Waals surface area (Å²) in [5.74, 6) is 0.956. The van der Waals surface area contributed by atoms with Gasteiger partial charge in [0.2, 0.25) is 0 Å². The number of nitrogens with one attached hydrogen (secondary N) is 1. The Hall–Kier alpha value is -1.06. The summed E-state index contributed by atoms with van der Waals surface area (Å²) in [5, 5.41) is 3.48. The first-order valence-electron chi connectivity index (χ1n) is 5.68. The molecule has 1 aromatic carbocycles. The van der Waals surface area contributed by atoms with Gasteiger partial charge in [-0.2, -0.15) is 0 Å². The fraction of sp³-hybridized carbons (Fsp3) is 0.538. The Bertz CT molecular complexity index is 370. The lowest BCUT2D eigenvalue weighted by Crippen LogP contribution is -2.35. The van der Waals surface area contributed by atoms with Gasteiger partial charge in [-0.3, -0.25) is 0 Å². The SMILES string of the molecule is COc1cc(C)c(C2COCCN2)cc1C. The molecule has 0 spiro atoms. The average molecular weight is 221 g/mol. The zero-order valence-corrected chi connectivity index (χ0v) is 10.2. The van der Waals surface area contributed by atoms with Gasteiger partial charge < -0.3 is 14.8 Å². The van der Waals surface area contributed by atoms with Gasteiger partial charge in [0, 0.05) is 6.54 Å². The molecule has 1 N–H and O–H groups in total. The van der Waals surface area contributed by atoms with Crippen molar-refractivity contribution in [3.8, 4) is 5.75 Å². The zero-order chi connectivity index (χ0) is 11.5. The molecule has 88 valence electrons. The summed E-state index contributed by atoms with van der Waals surface area (Å²) in [6, 6.07) is 4.61. The largest absolute Gasteiger partial charge is 0.496 e. The van der Waals surface area contributed by atoms with Crippen molar-refractivity contribution in [2.75, 3.05) is 26.9 Å². The summed E-state index contributed by atoms with van der Waals surface area (Å²) in [6.07, 6.45) is 0. The smallest absolute Gasteiger partial charge is 0.122 e. The van der Waals surface area contributed by atoms with Crippen molar-refractivity contribution >= 4 is 0 Å². The summed E-state index contributed by atoms with van der Waals surface area (Å²) in [7, 11) is 1.71. The monoisotopic (exact) mass is 221 g/mol. The van der Waals surface area contributed by atoms with Gasteiger partial charge >= 0.3 is 0 Å². The molecular weight excluding hydrogens is 202 g/mol. The maximum Gasteiger partial charge on any atom is 0.122 e. The minimum atomic E-state index is 0.318. The molecule has 1 fully saturated rings. The van der Waals surface area contributed by atoms with Crippen molar-refractivity contribution in [3.63, 3.8) is 0 Å². The van der Waals surface area contributed by atoms with Crippen LogP contribution in [0, 0.1) is 13.8 Å². The summed E-state index contributed by atoms with van der Waals surface area (Å²) in [4.78, 5) is 0. The minimum Gasteiger partial charge on any atom is -0.496 e. The third kappa shape index (κ3) is 2.20. The van der Waals surface area contributed by atoms with Crippen LogP contribution in [0.1, 0.15) is 22.7 Å². The molecule has 1 aliphatic heterocycles. The van der Waals surface area contributed by atoms with Crippen molar-refractivity contribution in [1.29, 1.82) is 0 Å². The van der Waals surface area contributed by atoms with Crippen LogP contribution in [0.3, 0.4) is 0 Å². The molecule has 0 aliphatic carbocycles. The van der Waals surface area contributed by atoms with Crippen LogP contribution in [0.15, 0.2) is 12.1 Å². The maximum atomic E-state index is 5.49. The third-order valence-corrected chi connectivity index (χ3v) is 3.08. The van der Waals surface area contributed by atoms with E-state index in [0.29, 0.717) is 6.04 Å². The number of hydrogen-bond donors (Lipinski definition) is 1. The lowest BCUT2D eigenvalue weighted by atomic mass is 9.98. The number of benzene rings is 1. The highest BCUT2D eigenvalue weighted by Crippen LogP contribution is 2.27. The first-order valence-corrected chi connectivity index (χ1v) is 5.68. The van der Waals surface area contributed by atoms with Gasteiger partial charge in [-0.25, -0.2) is 0 Å². The van der Waals surface area contributed by atoms with E-state index < -0.39 is 0 Å². The van der Waals surface area contributed by atoms with Crippen molar-refractivity contribution in [2.24, 2.45) is 0 Å². The van der Waals surface area contributed by atoms with Crippen LogP contribution in [0.4, 0.5) is 0 Å². The van der Waals surface area contributed by atoms with E-state index in [2.05, 4.69) is 31.3 Å². The molecule has 0 radical (unpaired) electrons. The Morgan fingerprint density at radius 2 is 2.12 bits per heavy atom. The zero-order valence-electron chi connectivity index (χ0n) is 10.2. The number of rotatable bonds is 2. The van der Waals surface area contributed by atoms with Gasteiger partial charge in [-0.15, -0.1) is 0 Å². The summed E-state index contributed by atoms with van der Waals surface area (Å²) >= 11 is 0. The first-order chi connectivity index (χ1) is 7.72. The van der Waals surface area contributed by atoms with E-state index in [9.17, 15) is 0 Å². The van der Waals surface area contributed by atoms with Gasteiger partial charge in [-0.1, -0.05) is 6.07 Å². The van der Waals surface area contributed by atoms with Crippen LogP contribution < -0.4 is 10.1 Å². The van der Waals surface area contributed by atoms with E-state index in [4.69, 9.17) is 9.47 Å². The Kier molecular flexibility index (Phi) is 3.46. The normalized spacial score (nSPS) is 20.8. The van der Waals surface area contributed by atoms with Crippen LogP contribution in [-0.4, -0.2) is 26.9 Å². The Balaban J connectivity index is 2.29. The fourth-order valence-corrected chi connectivity index (χ4v) is 2.17.